The second kappa shape index (κ2) is 8.22. The molecule has 1 atom stereocenters. The van der Waals surface area contributed by atoms with Gasteiger partial charge in [-0.1, -0.05) is 93.6 Å². The van der Waals surface area contributed by atoms with E-state index in [1.165, 1.54) is 0 Å². The lowest BCUT2D eigenvalue weighted by molar-refractivity contribution is 0.0589. The van der Waals surface area contributed by atoms with Crippen LogP contribution in [0.4, 0.5) is 0 Å². The molecule has 0 bridgehead atoms. The molecule has 29 heavy (non-hydrogen) atoms. The molecule has 0 radical (unpaired) electrons. The number of rotatable bonds is 5. The second-order valence-electron chi connectivity index (χ2n) is 8.45. The van der Waals surface area contributed by atoms with Crippen LogP contribution in [0.1, 0.15) is 49.9 Å². The summed E-state index contributed by atoms with van der Waals surface area (Å²) in [5, 5.41) is 22.5. The fraction of sp³-hybridized carbons (Fsp3) is 0.269. The van der Waals surface area contributed by atoms with Gasteiger partial charge in [0.1, 0.15) is 11.4 Å². The van der Waals surface area contributed by atoms with E-state index < -0.39 is 11.6 Å². The highest BCUT2D eigenvalue weighted by Crippen LogP contribution is 2.35. The molecule has 0 aliphatic carbocycles. The first-order chi connectivity index (χ1) is 13.7. The summed E-state index contributed by atoms with van der Waals surface area (Å²) in [6, 6.07) is 24.4. The number of nitrogens with zero attached hydrogens (tertiary/aromatic N) is 1. The lowest BCUT2D eigenvalue weighted by Gasteiger charge is -2.33. The Morgan fingerprint density at radius 3 is 1.79 bits per heavy atom. The van der Waals surface area contributed by atoms with Gasteiger partial charge in [-0.3, -0.25) is 4.99 Å². The number of phenolic OH excluding ortho intramolecular Hbond substituents is 1. The average molecular weight is 388 g/mol. The Kier molecular flexibility index (Phi) is 5.90. The number of hydrogen-bond donors (Lipinski definition) is 2. The molecular formula is C26H29NO2. The van der Waals surface area contributed by atoms with Crippen LogP contribution in [0.15, 0.2) is 83.9 Å². The fourth-order valence-electron chi connectivity index (χ4n) is 3.60. The zero-order valence-corrected chi connectivity index (χ0v) is 17.5. The minimum atomic E-state index is -1.28. The Hall–Kier alpha value is -2.91. The molecule has 3 aromatic carbocycles. The fourth-order valence-corrected chi connectivity index (χ4v) is 3.60. The van der Waals surface area contributed by atoms with Crippen LogP contribution in [-0.4, -0.2) is 22.5 Å². The van der Waals surface area contributed by atoms with Crippen molar-refractivity contribution in [1.29, 1.82) is 0 Å². The normalized spacial score (nSPS) is 13.6. The molecular weight excluding hydrogens is 358 g/mol. The van der Waals surface area contributed by atoms with E-state index in [1.54, 1.807) is 6.21 Å². The smallest absolute Gasteiger partial charge is 0.137 e. The largest absolute Gasteiger partial charge is 0.507 e. The van der Waals surface area contributed by atoms with Gasteiger partial charge in [0, 0.05) is 11.8 Å². The quantitative estimate of drug-likeness (QED) is 0.573. The molecule has 3 heteroatoms. The van der Waals surface area contributed by atoms with Crippen LogP contribution in [0.3, 0.4) is 0 Å². The van der Waals surface area contributed by atoms with Gasteiger partial charge in [0.25, 0.3) is 0 Å². The van der Waals surface area contributed by atoms with E-state index in [0.717, 1.165) is 16.7 Å². The van der Waals surface area contributed by atoms with E-state index in [0.29, 0.717) is 5.56 Å². The highest BCUT2D eigenvalue weighted by molar-refractivity contribution is 5.84. The molecule has 0 aliphatic rings. The lowest BCUT2D eigenvalue weighted by atomic mass is 9.81. The summed E-state index contributed by atoms with van der Waals surface area (Å²) in [5.41, 5.74) is 1.63. The van der Waals surface area contributed by atoms with Crippen molar-refractivity contribution in [2.24, 2.45) is 4.99 Å². The van der Waals surface area contributed by atoms with Crippen LogP contribution in [0.2, 0.25) is 0 Å². The number of aliphatic hydroxyl groups is 1. The molecule has 1 unspecified atom stereocenters. The molecule has 0 spiro atoms. The summed E-state index contributed by atoms with van der Waals surface area (Å²) >= 11 is 0. The summed E-state index contributed by atoms with van der Waals surface area (Å²) < 4.78 is 0. The number of para-hydroxylation sites is 1. The van der Waals surface area contributed by atoms with Gasteiger partial charge in [0.05, 0.1) is 6.04 Å². The van der Waals surface area contributed by atoms with E-state index in [1.807, 2.05) is 85.8 Å². The van der Waals surface area contributed by atoms with Gasteiger partial charge in [-0.25, -0.2) is 0 Å². The maximum absolute atomic E-state index is 11.8. The Bertz CT molecular complexity index is 933. The predicted molar refractivity (Wildman–Crippen MR) is 120 cm³/mol. The summed E-state index contributed by atoms with van der Waals surface area (Å²) in [7, 11) is 0. The van der Waals surface area contributed by atoms with Gasteiger partial charge in [-0.05, 0) is 35.1 Å². The molecule has 3 rings (SSSR count). The predicted octanol–water partition coefficient (Wildman–Crippen LogP) is 5.43. The van der Waals surface area contributed by atoms with Crippen LogP contribution in [0.25, 0.3) is 0 Å². The Morgan fingerprint density at radius 2 is 1.31 bits per heavy atom. The van der Waals surface area contributed by atoms with E-state index in [4.69, 9.17) is 0 Å². The summed E-state index contributed by atoms with van der Waals surface area (Å²) in [6.07, 6.45) is 1.66. The van der Waals surface area contributed by atoms with Crippen LogP contribution in [0, 0.1) is 0 Å². The van der Waals surface area contributed by atoms with E-state index in [9.17, 15) is 10.2 Å². The van der Waals surface area contributed by atoms with E-state index >= 15 is 0 Å². The molecule has 2 N–H and O–H groups in total. The number of hydrogen-bond acceptors (Lipinski definition) is 3. The molecule has 0 amide bonds. The highest BCUT2D eigenvalue weighted by atomic mass is 16.3. The third-order valence-electron chi connectivity index (χ3n) is 5.34. The molecule has 0 saturated heterocycles. The molecule has 3 nitrogen and oxygen atoms in total. The topological polar surface area (TPSA) is 52.8 Å². The van der Waals surface area contributed by atoms with Crippen molar-refractivity contribution < 1.29 is 10.2 Å². The molecule has 0 heterocycles. The maximum Gasteiger partial charge on any atom is 0.137 e. The van der Waals surface area contributed by atoms with Crippen molar-refractivity contribution in [3.05, 3.63) is 101 Å². The minimum absolute atomic E-state index is 0.172. The van der Waals surface area contributed by atoms with Gasteiger partial charge < -0.3 is 10.2 Å². The van der Waals surface area contributed by atoms with Gasteiger partial charge in [-0.2, -0.15) is 0 Å². The molecule has 0 aliphatic heterocycles. The summed E-state index contributed by atoms with van der Waals surface area (Å²) in [4.78, 5) is 4.67. The van der Waals surface area contributed by atoms with Crippen LogP contribution < -0.4 is 0 Å². The van der Waals surface area contributed by atoms with Crippen molar-refractivity contribution in [3.63, 3.8) is 0 Å². The van der Waals surface area contributed by atoms with Gasteiger partial charge in [-0.15, -0.1) is 0 Å². The van der Waals surface area contributed by atoms with Gasteiger partial charge in [0.15, 0.2) is 0 Å². The minimum Gasteiger partial charge on any atom is -0.507 e. The van der Waals surface area contributed by atoms with E-state index in [-0.39, 0.29) is 11.2 Å². The highest BCUT2D eigenvalue weighted by Gasteiger charge is 2.37. The van der Waals surface area contributed by atoms with Crippen molar-refractivity contribution in [2.45, 2.75) is 44.8 Å². The second-order valence-corrected chi connectivity index (χ2v) is 8.45. The maximum atomic E-state index is 11.8. The van der Waals surface area contributed by atoms with Crippen molar-refractivity contribution in [2.75, 3.05) is 0 Å². The first kappa shape index (κ1) is 20.8. The Labute approximate surface area is 173 Å². The van der Waals surface area contributed by atoms with Gasteiger partial charge >= 0.3 is 0 Å². The number of aliphatic imine (C=N–C) groups is 1. The third-order valence-corrected chi connectivity index (χ3v) is 5.34. The zero-order valence-electron chi connectivity index (χ0n) is 17.5. The molecule has 0 fully saturated rings. The molecule has 0 saturated carbocycles. The van der Waals surface area contributed by atoms with Crippen LogP contribution >= 0.6 is 0 Å². The SMILES string of the molecule is CC(N=Cc1cccc(C(C)(C)C)c1O)C(O)(c1ccccc1)c1ccccc1. The van der Waals surface area contributed by atoms with Crippen LogP contribution in [0.5, 0.6) is 5.75 Å². The van der Waals surface area contributed by atoms with Crippen LogP contribution in [-0.2, 0) is 11.0 Å². The lowest BCUT2D eigenvalue weighted by Crippen LogP contribution is -2.38. The number of benzene rings is 3. The Morgan fingerprint density at radius 1 is 0.793 bits per heavy atom. The number of aromatic hydroxyl groups is 1. The molecule has 0 aromatic heterocycles. The number of phenols is 1. The van der Waals surface area contributed by atoms with Gasteiger partial charge in [0.2, 0.25) is 0 Å². The van der Waals surface area contributed by atoms with Crippen molar-refractivity contribution >= 4 is 6.21 Å². The van der Waals surface area contributed by atoms with Crippen molar-refractivity contribution in [1.82, 2.24) is 0 Å². The standard InChI is InChI=1S/C26H29NO2/c1-19(27-18-20-12-11-17-23(24(20)28)25(2,3)4)26(29,21-13-7-5-8-14-21)22-15-9-6-10-16-22/h5-19,28-29H,1-4H3. The first-order valence-electron chi connectivity index (χ1n) is 9.93. The Balaban J connectivity index is 2.02. The van der Waals surface area contributed by atoms with E-state index in [2.05, 4.69) is 25.8 Å². The zero-order chi connectivity index (χ0) is 21.1. The third kappa shape index (κ3) is 4.25. The summed E-state index contributed by atoms with van der Waals surface area (Å²) in [5.74, 6) is 0.235. The first-order valence-corrected chi connectivity index (χ1v) is 9.93. The van der Waals surface area contributed by atoms with Crippen molar-refractivity contribution in [3.8, 4) is 5.75 Å². The monoisotopic (exact) mass is 387 g/mol. The molecule has 150 valence electrons. The molecule has 3 aromatic rings. The average Bonchev–Trinajstić information content (AvgIpc) is 2.72. The summed E-state index contributed by atoms with van der Waals surface area (Å²) in [6.45, 7) is 8.08.